The van der Waals surface area contributed by atoms with Crippen LogP contribution in [0.5, 0.6) is 0 Å². The average molecular weight is 203 g/mol. The van der Waals surface area contributed by atoms with Gasteiger partial charge in [-0.1, -0.05) is 11.8 Å². The van der Waals surface area contributed by atoms with Crippen LogP contribution in [0, 0.1) is 6.92 Å². The summed E-state index contributed by atoms with van der Waals surface area (Å²) in [6, 6.07) is -0.109. The van der Waals surface area contributed by atoms with Gasteiger partial charge < -0.3 is 15.3 Å². The normalized spacial score (nSPS) is 15.7. The van der Waals surface area contributed by atoms with Crippen molar-refractivity contribution >= 4 is 11.8 Å². The Morgan fingerprint density at radius 2 is 2.31 bits per heavy atom. The van der Waals surface area contributed by atoms with E-state index in [0.717, 1.165) is 0 Å². The average Bonchev–Trinajstić information content (AvgIpc) is 2.46. The lowest BCUT2D eigenvalue weighted by Crippen LogP contribution is -2.31. The molecule has 2 unspecified atom stereocenters. The highest BCUT2D eigenvalue weighted by Gasteiger charge is 2.17. The van der Waals surface area contributed by atoms with Gasteiger partial charge in [-0.15, -0.1) is 10.2 Å². The maximum Gasteiger partial charge on any atom is 0.276 e. The fourth-order valence-corrected chi connectivity index (χ4v) is 1.57. The molecule has 0 aromatic carbocycles. The molecule has 3 N–H and O–H groups in total. The predicted molar refractivity (Wildman–Crippen MR) is 49.4 cm³/mol. The fraction of sp³-hybridized carbons (Fsp3) is 0.714. The lowest BCUT2D eigenvalue weighted by molar-refractivity contribution is 0.284. The van der Waals surface area contributed by atoms with Crippen molar-refractivity contribution in [1.82, 2.24) is 10.2 Å². The molecule has 0 aliphatic heterocycles. The minimum atomic E-state index is -0.109. The molecule has 0 bridgehead atoms. The molecule has 0 spiro atoms. The molecule has 5 nitrogen and oxygen atoms in total. The highest BCUT2D eigenvalue weighted by atomic mass is 32.2. The summed E-state index contributed by atoms with van der Waals surface area (Å²) in [7, 11) is 0. The second kappa shape index (κ2) is 4.59. The molecule has 13 heavy (non-hydrogen) atoms. The zero-order valence-corrected chi connectivity index (χ0v) is 8.41. The number of aryl methyl sites for hydroxylation is 1. The molecular formula is C7H13N3O2S. The molecule has 2 atom stereocenters. The summed E-state index contributed by atoms with van der Waals surface area (Å²) in [4.78, 5) is 0. The third-order valence-electron chi connectivity index (χ3n) is 1.53. The summed E-state index contributed by atoms with van der Waals surface area (Å²) < 4.78 is 5.14. The Balaban J connectivity index is 2.56. The van der Waals surface area contributed by atoms with Crippen LogP contribution in [0.1, 0.15) is 12.8 Å². The van der Waals surface area contributed by atoms with Gasteiger partial charge in [0.1, 0.15) is 0 Å². The predicted octanol–water partition coefficient (Wildman–Crippen LogP) is 0.178. The van der Waals surface area contributed by atoms with Crippen LogP contribution in [0.2, 0.25) is 0 Å². The number of hydrogen-bond acceptors (Lipinski definition) is 6. The fourth-order valence-electron chi connectivity index (χ4n) is 0.766. The molecular weight excluding hydrogens is 190 g/mol. The monoisotopic (exact) mass is 203 g/mol. The van der Waals surface area contributed by atoms with Gasteiger partial charge in [0.05, 0.1) is 11.9 Å². The van der Waals surface area contributed by atoms with Gasteiger partial charge in [0, 0.05) is 13.0 Å². The van der Waals surface area contributed by atoms with E-state index in [2.05, 4.69) is 10.2 Å². The van der Waals surface area contributed by atoms with Gasteiger partial charge in [-0.3, -0.25) is 0 Å². The number of aliphatic hydroxyl groups excluding tert-OH is 1. The Bertz CT molecular complexity index is 264. The van der Waals surface area contributed by atoms with Crippen molar-refractivity contribution in [2.75, 3.05) is 6.61 Å². The minimum Gasteiger partial charge on any atom is -0.416 e. The van der Waals surface area contributed by atoms with Crippen LogP contribution in [-0.2, 0) is 0 Å². The van der Waals surface area contributed by atoms with Crippen molar-refractivity contribution in [2.45, 2.75) is 30.4 Å². The number of hydrogen-bond donors (Lipinski definition) is 2. The van der Waals surface area contributed by atoms with E-state index in [1.54, 1.807) is 6.92 Å². The van der Waals surface area contributed by atoms with Gasteiger partial charge in [-0.25, -0.2) is 0 Å². The molecule has 1 rings (SSSR count). The topological polar surface area (TPSA) is 85.2 Å². The van der Waals surface area contributed by atoms with Crippen molar-refractivity contribution < 1.29 is 9.52 Å². The first-order chi connectivity index (χ1) is 6.13. The van der Waals surface area contributed by atoms with Gasteiger partial charge >= 0.3 is 0 Å². The highest BCUT2D eigenvalue weighted by molar-refractivity contribution is 7.99. The molecule has 1 aromatic heterocycles. The van der Waals surface area contributed by atoms with Crippen molar-refractivity contribution in [2.24, 2.45) is 5.73 Å². The van der Waals surface area contributed by atoms with Crippen molar-refractivity contribution in [1.29, 1.82) is 0 Å². The molecule has 0 radical (unpaired) electrons. The van der Waals surface area contributed by atoms with Gasteiger partial charge in [0.25, 0.3) is 5.22 Å². The van der Waals surface area contributed by atoms with Crippen LogP contribution < -0.4 is 5.73 Å². The standard InChI is InChI=1S/C7H13N3O2S/c1-4(8)6(3-11)13-7-10-9-5(2)12-7/h4,6,11H,3,8H2,1-2H3. The Hall–Kier alpha value is -0.590. The summed E-state index contributed by atoms with van der Waals surface area (Å²) in [6.07, 6.45) is 0. The third-order valence-corrected chi connectivity index (χ3v) is 2.77. The smallest absolute Gasteiger partial charge is 0.276 e. The largest absolute Gasteiger partial charge is 0.416 e. The summed E-state index contributed by atoms with van der Waals surface area (Å²) in [5.74, 6) is 0.517. The Kier molecular flexibility index (Phi) is 3.71. The molecule has 0 aliphatic carbocycles. The minimum absolute atomic E-state index is 0.00373. The molecule has 74 valence electrons. The zero-order valence-electron chi connectivity index (χ0n) is 7.60. The Morgan fingerprint density at radius 1 is 1.62 bits per heavy atom. The Morgan fingerprint density at radius 3 is 2.69 bits per heavy atom. The maximum absolute atomic E-state index is 8.97. The first-order valence-corrected chi connectivity index (χ1v) is 4.84. The first-order valence-electron chi connectivity index (χ1n) is 3.96. The molecule has 0 saturated heterocycles. The van der Waals surface area contributed by atoms with Crippen LogP contribution in [0.25, 0.3) is 0 Å². The number of nitrogens with zero attached hydrogens (tertiary/aromatic N) is 2. The summed E-state index contributed by atoms with van der Waals surface area (Å²) in [6.45, 7) is 3.55. The number of nitrogens with two attached hydrogens (primary N) is 1. The van der Waals surface area contributed by atoms with Gasteiger partial charge in [0.2, 0.25) is 5.89 Å². The van der Waals surface area contributed by atoms with Crippen LogP contribution in [0.4, 0.5) is 0 Å². The first kappa shape index (κ1) is 10.5. The van der Waals surface area contributed by atoms with E-state index >= 15 is 0 Å². The van der Waals surface area contributed by atoms with E-state index < -0.39 is 0 Å². The molecule has 0 fully saturated rings. The summed E-state index contributed by atoms with van der Waals surface area (Å²) in [5.41, 5.74) is 5.63. The highest BCUT2D eigenvalue weighted by Crippen LogP contribution is 2.22. The van der Waals surface area contributed by atoms with Crippen LogP contribution in [-0.4, -0.2) is 33.2 Å². The van der Waals surface area contributed by atoms with Gasteiger partial charge in [-0.05, 0) is 6.92 Å². The second-order valence-corrected chi connectivity index (χ2v) is 3.98. The molecule has 0 aliphatic rings. The number of aliphatic hydroxyl groups is 1. The zero-order chi connectivity index (χ0) is 9.84. The lowest BCUT2D eigenvalue weighted by Gasteiger charge is -2.14. The SMILES string of the molecule is Cc1nnc(SC(CO)C(C)N)o1. The number of aromatic nitrogens is 2. The van der Waals surface area contributed by atoms with E-state index in [-0.39, 0.29) is 17.9 Å². The van der Waals surface area contributed by atoms with Crippen LogP contribution in [0.3, 0.4) is 0 Å². The molecule has 6 heteroatoms. The van der Waals surface area contributed by atoms with Crippen LogP contribution >= 0.6 is 11.8 Å². The third kappa shape index (κ3) is 2.98. The molecule has 1 aromatic rings. The number of thioether (sulfide) groups is 1. The van der Waals surface area contributed by atoms with Crippen molar-refractivity contribution in [3.8, 4) is 0 Å². The molecule has 0 saturated carbocycles. The number of rotatable bonds is 4. The quantitative estimate of drug-likeness (QED) is 0.679. The van der Waals surface area contributed by atoms with Crippen LogP contribution in [0.15, 0.2) is 9.64 Å². The van der Waals surface area contributed by atoms with Crippen molar-refractivity contribution in [3.63, 3.8) is 0 Å². The van der Waals surface area contributed by atoms with E-state index in [0.29, 0.717) is 11.1 Å². The molecule has 0 amide bonds. The maximum atomic E-state index is 8.97. The van der Waals surface area contributed by atoms with Crippen molar-refractivity contribution in [3.05, 3.63) is 5.89 Å². The van der Waals surface area contributed by atoms with Gasteiger partial charge in [0.15, 0.2) is 0 Å². The van der Waals surface area contributed by atoms with E-state index in [1.165, 1.54) is 11.8 Å². The van der Waals surface area contributed by atoms with E-state index in [1.807, 2.05) is 6.92 Å². The Labute approximate surface area is 80.7 Å². The van der Waals surface area contributed by atoms with E-state index in [4.69, 9.17) is 15.3 Å². The summed E-state index contributed by atoms with van der Waals surface area (Å²) >= 11 is 1.30. The molecule has 1 heterocycles. The van der Waals surface area contributed by atoms with E-state index in [9.17, 15) is 0 Å². The lowest BCUT2D eigenvalue weighted by atomic mass is 10.3. The summed E-state index contributed by atoms with van der Waals surface area (Å²) in [5, 5.41) is 16.8. The second-order valence-electron chi connectivity index (χ2n) is 2.78. The van der Waals surface area contributed by atoms with Gasteiger partial charge in [-0.2, -0.15) is 0 Å².